The predicted octanol–water partition coefficient (Wildman–Crippen LogP) is 3.14. The summed E-state index contributed by atoms with van der Waals surface area (Å²) in [7, 11) is 1.51. The Labute approximate surface area is 180 Å². The standard InChI is InChI=1S/C21H18FN5O3S/c1-13-6-7-17(30-2)16(10-13)24-18(28)12-27-21(29)26-9-8-23-20(19(26)25-27)31-15-5-3-4-14(22)11-15/h3-11H,12H2,1-2H3,(H,24,28). The number of anilines is 1. The molecule has 0 aliphatic rings. The van der Waals surface area contributed by atoms with Crippen LogP contribution in [0.4, 0.5) is 10.1 Å². The Morgan fingerprint density at radius 1 is 1.26 bits per heavy atom. The van der Waals surface area contributed by atoms with Crippen molar-refractivity contribution in [1.82, 2.24) is 19.2 Å². The third kappa shape index (κ3) is 4.43. The first kappa shape index (κ1) is 20.6. The number of hydrogen-bond acceptors (Lipinski definition) is 6. The fourth-order valence-corrected chi connectivity index (χ4v) is 3.87. The van der Waals surface area contributed by atoms with Gasteiger partial charge < -0.3 is 10.1 Å². The quantitative estimate of drug-likeness (QED) is 0.496. The van der Waals surface area contributed by atoms with Crippen molar-refractivity contribution in [3.63, 3.8) is 0 Å². The number of methoxy groups -OCH3 is 1. The van der Waals surface area contributed by atoms with Gasteiger partial charge in [0.1, 0.15) is 23.1 Å². The van der Waals surface area contributed by atoms with Gasteiger partial charge in [-0.3, -0.25) is 4.79 Å². The third-order valence-electron chi connectivity index (χ3n) is 4.40. The molecule has 2 aromatic heterocycles. The van der Waals surface area contributed by atoms with Crippen LogP contribution in [-0.2, 0) is 11.3 Å². The molecule has 10 heteroatoms. The lowest BCUT2D eigenvalue weighted by Gasteiger charge is -2.10. The van der Waals surface area contributed by atoms with E-state index in [0.717, 1.165) is 10.2 Å². The first-order chi connectivity index (χ1) is 14.9. The second-order valence-electron chi connectivity index (χ2n) is 6.68. The smallest absolute Gasteiger partial charge is 0.350 e. The van der Waals surface area contributed by atoms with Gasteiger partial charge >= 0.3 is 5.69 Å². The minimum atomic E-state index is -0.482. The van der Waals surface area contributed by atoms with Gasteiger partial charge in [0, 0.05) is 17.3 Å². The summed E-state index contributed by atoms with van der Waals surface area (Å²) in [6.07, 6.45) is 2.93. The summed E-state index contributed by atoms with van der Waals surface area (Å²) in [5.74, 6) is -0.288. The SMILES string of the molecule is COc1ccc(C)cc1NC(=O)Cn1nc2c(Sc3cccc(F)c3)nccn2c1=O. The molecule has 0 radical (unpaired) electrons. The molecule has 0 saturated carbocycles. The maximum Gasteiger partial charge on any atom is 0.350 e. The van der Waals surface area contributed by atoms with Crippen molar-refractivity contribution >= 4 is 29.0 Å². The summed E-state index contributed by atoms with van der Waals surface area (Å²) < 4.78 is 21.1. The first-order valence-corrected chi connectivity index (χ1v) is 10.1. The minimum Gasteiger partial charge on any atom is -0.495 e. The molecule has 0 spiro atoms. The number of benzene rings is 2. The van der Waals surface area contributed by atoms with Gasteiger partial charge in [-0.25, -0.2) is 23.3 Å². The van der Waals surface area contributed by atoms with Gasteiger partial charge in [-0.05, 0) is 42.8 Å². The largest absolute Gasteiger partial charge is 0.495 e. The predicted molar refractivity (Wildman–Crippen MR) is 114 cm³/mol. The molecular weight excluding hydrogens is 421 g/mol. The van der Waals surface area contributed by atoms with Crippen LogP contribution >= 0.6 is 11.8 Å². The molecule has 158 valence electrons. The maximum absolute atomic E-state index is 13.5. The fourth-order valence-electron chi connectivity index (χ4n) is 2.99. The molecule has 1 N–H and O–H groups in total. The molecule has 4 aromatic rings. The van der Waals surface area contributed by atoms with Crippen LogP contribution in [0.3, 0.4) is 0 Å². The molecule has 0 aliphatic heterocycles. The molecule has 2 aromatic carbocycles. The van der Waals surface area contributed by atoms with E-state index in [1.807, 2.05) is 13.0 Å². The number of amides is 1. The second-order valence-corrected chi connectivity index (χ2v) is 7.74. The number of aromatic nitrogens is 4. The molecular formula is C21H18FN5O3S. The van der Waals surface area contributed by atoms with E-state index in [4.69, 9.17) is 4.74 Å². The van der Waals surface area contributed by atoms with E-state index in [1.54, 1.807) is 24.3 Å². The van der Waals surface area contributed by atoms with E-state index >= 15 is 0 Å². The highest BCUT2D eigenvalue weighted by Crippen LogP contribution is 2.28. The number of rotatable bonds is 6. The summed E-state index contributed by atoms with van der Waals surface area (Å²) in [5.41, 5.74) is 1.26. The van der Waals surface area contributed by atoms with Gasteiger partial charge in [0.25, 0.3) is 0 Å². The maximum atomic E-state index is 13.5. The zero-order valence-corrected chi connectivity index (χ0v) is 17.5. The molecule has 1 amide bonds. The monoisotopic (exact) mass is 439 g/mol. The van der Waals surface area contributed by atoms with Crippen molar-refractivity contribution in [3.05, 3.63) is 76.7 Å². The van der Waals surface area contributed by atoms with Crippen LogP contribution in [0, 0.1) is 12.7 Å². The number of ether oxygens (including phenoxy) is 1. The molecule has 2 heterocycles. The molecule has 0 unspecified atom stereocenters. The van der Waals surface area contributed by atoms with E-state index in [9.17, 15) is 14.0 Å². The molecule has 0 saturated heterocycles. The Kier molecular flexibility index (Phi) is 5.72. The Morgan fingerprint density at radius 2 is 2.10 bits per heavy atom. The van der Waals surface area contributed by atoms with Gasteiger partial charge in [-0.2, -0.15) is 0 Å². The van der Waals surface area contributed by atoms with E-state index in [2.05, 4.69) is 15.4 Å². The molecule has 8 nitrogen and oxygen atoms in total. The van der Waals surface area contributed by atoms with Gasteiger partial charge in [0.15, 0.2) is 5.65 Å². The van der Waals surface area contributed by atoms with Crippen LogP contribution in [0.25, 0.3) is 5.65 Å². The van der Waals surface area contributed by atoms with Crippen LogP contribution in [0.15, 0.2) is 69.6 Å². The zero-order valence-electron chi connectivity index (χ0n) is 16.7. The Hall–Kier alpha value is -3.66. The van der Waals surface area contributed by atoms with Crippen LogP contribution in [0.2, 0.25) is 0 Å². The number of carbonyl (C=O) groups excluding carboxylic acids is 1. The van der Waals surface area contributed by atoms with Gasteiger partial charge in [-0.1, -0.05) is 23.9 Å². The van der Waals surface area contributed by atoms with Crippen LogP contribution in [-0.4, -0.2) is 32.2 Å². The molecule has 4 rings (SSSR count). The lowest BCUT2D eigenvalue weighted by Crippen LogP contribution is -2.28. The molecule has 0 fully saturated rings. The molecule has 0 aliphatic carbocycles. The highest BCUT2D eigenvalue weighted by atomic mass is 32.2. The van der Waals surface area contributed by atoms with Crippen LogP contribution in [0.1, 0.15) is 5.56 Å². The van der Waals surface area contributed by atoms with Crippen molar-refractivity contribution in [3.8, 4) is 5.75 Å². The van der Waals surface area contributed by atoms with E-state index in [1.165, 1.54) is 47.8 Å². The van der Waals surface area contributed by atoms with Gasteiger partial charge in [0.05, 0.1) is 12.8 Å². The minimum absolute atomic E-state index is 0.280. The Morgan fingerprint density at radius 3 is 2.87 bits per heavy atom. The van der Waals surface area contributed by atoms with E-state index < -0.39 is 11.6 Å². The number of nitrogens with zero attached hydrogens (tertiary/aromatic N) is 4. The van der Waals surface area contributed by atoms with Gasteiger partial charge in [0.2, 0.25) is 5.91 Å². The van der Waals surface area contributed by atoms with Crippen LogP contribution < -0.4 is 15.7 Å². The summed E-state index contributed by atoms with van der Waals surface area (Å²) in [4.78, 5) is 30.2. The van der Waals surface area contributed by atoms with Crippen molar-refractivity contribution in [2.45, 2.75) is 23.4 Å². The van der Waals surface area contributed by atoms with E-state index in [0.29, 0.717) is 21.4 Å². The first-order valence-electron chi connectivity index (χ1n) is 9.26. The average Bonchev–Trinajstić information content (AvgIpc) is 3.05. The van der Waals surface area contributed by atoms with Crippen molar-refractivity contribution in [1.29, 1.82) is 0 Å². The Bertz CT molecular complexity index is 1330. The van der Waals surface area contributed by atoms with Gasteiger partial charge in [-0.15, -0.1) is 5.10 Å². The third-order valence-corrected chi connectivity index (χ3v) is 5.37. The Balaban J connectivity index is 1.60. The lowest BCUT2D eigenvalue weighted by molar-refractivity contribution is -0.117. The number of hydrogen-bond donors (Lipinski definition) is 1. The number of fused-ring (bicyclic) bond motifs is 1. The fraction of sp³-hybridized carbons (Fsp3) is 0.143. The molecule has 31 heavy (non-hydrogen) atoms. The molecule has 0 atom stereocenters. The number of halogens is 1. The van der Waals surface area contributed by atoms with Crippen LogP contribution in [0.5, 0.6) is 5.75 Å². The highest BCUT2D eigenvalue weighted by molar-refractivity contribution is 7.99. The normalized spacial score (nSPS) is 10.9. The van der Waals surface area contributed by atoms with Crippen molar-refractivity contribution < 1.29 is 13.9 Å². The average molecular weight is 439 g/mol. The number of carbonyl (C=O) groups is 1. The number of aryl methyl sites for hydroxylation is 1. The van der Waals surface area contributed by atoms with Crippen molar-refractivity contribution in [2.24, 2.45) is 0 Å². The second kappa shape index (κ2) is 8.60. The summed E-state index contributed by atoms with van der Waals surface area (Å²) in [6, 6.07) is 11.4. The zero-order chi connectivity index (χ0) is 22.0. The highest BCUT2D eigenvalue weighted by Gasteiger charge is 2.16. The summed E-state index contributed by atoms with van der Waals surface area (Å²) >= 11 is 1.18. The van der Waals surface area contributed by atoms with E-state index in [-0.39, 0.29) is 18.0 Å². The summed E-state index contributed by atoms with van der Waals surface area (Å²) in [6.45, 7) is 1.61. The number of nitrogens with one attached hydrogen (secondary N) is 1. The topological polar surface area (TPSA) is 90.5 Å². The molecule has 0 bridgehead atoms. The summed E-state index contributed by atoms with van der Waals surface area (Å²) in [5, 5.41) is 7.44. The lowest BCUT2D eigenvalue weighted by atomic mass is 10.2. The van der Waals surface area contributed by atoms with Crippen molar-refractivity contribution in [2.75, 3.05) is 12.4 Å².